The largest absolute Gasteiger partial charge is 0.496 e. The fourth-order valence-corrected chi connectivity index (χ4v) is 4.11. The molecule has 0 radical (unpaired) electrons. The first-order chi connectivity index (χ1) is 10.7. The maximum absolute atomic E-state index is 5.74. The lowest BCUT2D eigenvalue weighted by Gasteiger charge is -2.35. The standard InChI is InChI=1S/C19H30N2O/c1-4-18-17-13-19(22-3)16(12-15(17)8-11-20(18)2)14-21-9-6-5-7-10-21/h12-13,18H,4-11,14H2,1-3H3. The second-order valence-electron chi connectivity index (χ2n) is 6.85. The second kappa shape index (κ2) is 7.01. The van der Waals surface area contributed by atoms with E-state index < -0.39 is 0 Å². The lowest BCUT2D eigenvalue weighted by molar-refractivity contribution is 0.215. The fraction of sp³-hybridized carbons (Fsp3) is 0.684. The van der Waals surface area contributed by atoms with Gasteiger partial charge >= 0.3 is 0 Å². The van der Waals surface area contributed by atoms with Gasteiger partial charge < -0.3 is 4.74 Å². The number of piperidine rings is 1. The number of nitrogens with zero attached hydrogens (tertiary/aromatic N) is 2. The van der Waals surface area contributed by atoms with Crippen molar-refractivity contribution in [1.82, 2.24) is 9.80 Å². The van der Waals surface area contributed by atoms with Crippen LogP contribution in [0.5, 0.6) is 5.75 Å². The predicted octanol–water partition coefficient (Wildman–Crippen LogP) is 3.62. The number of likely N-dealkylation sites (N-methyl/N-ethyl adjacent to an activating group) is 1. The van der Waals surface area contributed by atoms with Crippen molar-refractivity contribution in [1.29, 1.82) is 0 Å². The van der Waals surface area contributed by atoms with Gasteiger partial charge in [-0.15, -0.1) is 0 Å². The van der Waals surface area contributed by atoms with Gasteiger partial charge in [0.05, 0.1) is 7.11 Å². The molecule has 1 unspecified atom stereocenters. The van der Waals surface area contributed by atoms with Gasteiger partial charge in [-0.05, 0) is 63.0 Å². The number of ether oxygens (including phenoxy) is 1. The lowest BCUT2D eigenvalue weighted by Crippen LogP contribution is -2.32. The number of hydrogen-bond donors (Lipinski definition) is 0. The first-order valence-electron chi connectivity index (χ1n) is 8.85. The molecule has 0 amide bonds. The van der Waals surface area contributed by atoms with E-state index in [0.29, 0.717) is 6.04 Å². The highest BCUT2D eigenvalue weighted by atomic mass is 16.5. The Kier molecular flexibility index (Phi) is 5.04. The van der Waals surface area contributed by atoms with Crippen molar-refractivity contribution in [3.05, 3.63) is 28.8 Å². The number of rotatable bonds is 4. The van der Waals surface area contributed by atoms with Crippen LogP contribution in [0.15, 0.2) is 12.1 Å². The Balaban J connectivity index is 1.88. The number of fused-ring (bicyclic) bond motifs is 1. The maximum atomic E-state index is 5.74. The molecule has 122 valence electrons. The van der Waals surface area contributed by atoms with Crippen molar-refractivity contribution in [3.8, 4) is 5.75 Å². The summed E-state index contributed by atoms with van der Waals surface area (Å²) in [6, 6.07) is 5.29. The maximum Gasteiger partial charge on any atom is 0.123 e. The molecule has 0 saturated carbocycles. The smallest absolute Gasteiger partial charge is 0.123 e. The quantitative estimate of drug-likeness (QED) is 0.845. The van der Waals surface area contributed by atoms with Crippen LogP contribution in [0.25, 0.3) is 0 Å². The average molecular weight is 302 g/mol. The zero-order valence-electron chi connectivity index (χ0n) is 14.4. The first-order valence-corrected chi connectivity index (χ1v) is 8.85. The third-order valence-electron chi connectivity index (χ3n) is 5.40. The summed E-state index contributed by atoms with van der Waals surface area (Å²) in [5.41, 5.74) is 4.40. The van der Waals surface area contributed by atoms with Crippen LogP contribution in [0.2, 0.25) is 0 Å². The summed E-state index contributed by atoms with van der Waals surface area (Å²) in [6.45, 7) is 6.97. The van der Waals surface area contributed by atoms with E-state index in [1.165, 1.54) is 62.0 Å². The molecule has 1 aromatic carbocycles. The van der Waals surface area contributed by atoms with Gasteiger partial charge in [0, 0.05) is 24.7 Å². The molecule has 2 heterocycles. The first kappa shape index (κ1) is 15.8. The topological polar surface area (TPSA) is 15.7 Å². The molecule has 1 atom stereocenters. The third kappa shape index (κ3) is 3.16. The summed E-state index contributed by atoms with van der Waals surface area (Å²) in [5.74, 6) is 1.08. The molecular formula is C19H30N2O. The molecule has 0 bridgehead atoms. The van der Waals surface area contributed by atoms with E-state index in [9.17, 15) is 0 Å². The highest BCUT2D eigenvalue weighted by Crippen LogP contribution is 2.36. The monoisotopic (exact) mass is 302 g/mol. The number of hydrogen-bond acceptors (Lipinski definition) is 3. The van der Waals surface area contributed by atoms with E-state index in [4.69, 9.17) is 4.74 Å². The van der Waals surface area contributed by atoms with Crippen molar-refractivity contribution in [3.63, 3.8) is 0 Å². The Bertz CT molecular complexity index is 508. The highest BCUT2D eigenvalue weighted by molar-refractivity contribution is 5.45. The van der Waals surface area contributed by atoms with Gasteiger partial charge in [-0.25, -0.2) is 0 Å². The SMILES string of the molecule is CCC1c2cc(OC)c(CN3CCCCC3)cc2CCN1C. The Labute approximate surface area is 135 Å². The van der Waals surface area contributed by atoms with Crippen LogP contribution in [-0.4, -0.2) is 43.6 Å². The van der Waals surface area contributed by atoms with Gasteiger partial charge in [0.15, 0.2) is 0 Å². The number of likely N-dealkylation sites (tertiary alicyclic amines) is 1. The Morgan fingerprint density at radius 3 is 2.59 bits per heavy atom. The van der Waals surface area contributed by atoms with Gasteiger partial charge in [-0.3, -0.25) is 9.80 Å². The van der Waals surface area contributed by atoms with Crippen molar-refractivity contribution >= 4 is 0 Å². The van der Waals surface area contributed by atoms with E-state index in [1.54, 1.807) is 0 Å². The van der Waals surface area contributed by atoms with Crippen molar-refractivity contribution < 1.29 is 4.74 Å². The molecule has 1 fully saturated rings. The minimum absolute atomic E-state index is 0.543. The molecule has 22 heavy (non-hydrogen) atoms. The molecule has 2 aliphatic heterocycles. The Morgan fingerprint density at radius 1 is 1.14 bits per heavy atom. The summed E-state index contributed by atoms with van der Waals surface area (Å²) in [5, 5.41) is 0. The van der Waals surface area contributed by atoms with Gasteiger partial charge in [0.25, 0.3) is 0 Å². The molecule has 2 aliphatic rings. The van der Waals surface area contributed by atoms with Crippen LogP contribution in [0, 0.1) is 0 Å². The van der Waals surface area contributed by atoms with E-state index >= 15 is 0 Å². The van der Waals surface area contributed by atoms with Crippen molar-refractivity contribution in [2.24, 2.45) is 0 Å². The van der Waals surface area contributed by atoms with Gasteiger partial charge in [-0.1, -0.05) is 19.4 Å². The molecule has 3 nitrogen and oxygen atoms in total. The van der Waals surface area contributed by atoms with Crippen molar-refractivity contribution in [2.45, 2.75) is 51.6 Å². The van der Waals surface area contributed by atoms with E-state index in [2.05, 4.69) is 35.9 Å². The lowest BCUT2D eigenvalue weighted by atomic mass is 9.89. The molecule has 0 aromatic heterocycles. The fourth-order valence-electron chi connectivity index (χ4n) is 4.11. The molecule has 1 aromatic rings. The zero-order valence-corrected chi connectivity index (χ0v) is 14.4. The van der Waals surface area contributed by atoms with Crippen LogP contribution >= 0.6 is 0 Å². The predicted molar refractivity (Wildman–Crippen MR) is 91.5 cm³/mol. The van der Waals surface area contributed by atoms with Gasteiger partial charge in [-0.2, -0.15) is 0 Å². The number of methoxy groups -OCH3 is 1. The van der Waals surface area contributed by atoms with E-state index in [0.717, 1.165) is 18.7 Å². The van der Waals surface area contributed by atoms with Gasteiger partial charge in [0.2, 0.25) is 0 Å². The molecule has 0 aliphatic carbocycles. The van der Waals surface area contributed by atoms with Crippen molar-refractivity contribution in [2.75, 3.05) is 33.8 Å². The van der Waals surface area contributed by atoms with E-state index in [1.807, 2.05) is 7.11 Å². The summed E-state index contributed by atoms with van der Waals surface area (Å²) < 4.78 is 5.74. The summed E-state index contributed by atoms with van der Waals surface area (Å²) in [7, 11) is 4.06. The minimum Gasteiger partial charge on any atom is -0.496 e. The summed E-state index contributed by atoms with van der Waals surface area (Å²) >= 11 is 0. The minimum atomic E-state index is 0.543. The molecule has 0 spiro atoms. The highest BCUT2D eigenvalue weighted by Gasteiger charge is 2.25. The zero-order chi connectivity index (χ0) is 15.5. The Hall–Kier alpha value is -1.06. The normalized spacial score (nSPS) is 23.3. The summed E-state index contributed by atoms with van der Waals surface area (Å²) in [4.78, 5) is 5.06. The summed E-state index contributed by atoms with van der Waals surface area (Å²) in [6.07, 6.45) is 6.41. The van der Waals surface area contributed by atoms with Crippen LogP contribution in [-0.2, 0) is 13.0 Å². The number of benzene rings is 1. The average Bonchev–Trinajstić information content (AvgIpc) is 2.55. The molecule has 3 rings (SSSR count). The third-order valence-corrected chi connectivity index (χ3v) is 5.40. The Morgan fingerprint density at radius 2 is 1.91 bits per heavy atom. The van der Waals surface area contributed by atoms with Crippen LogP contribution < -0.4 is 4.74 Å². The molecule has 0 N–H and O–H groups in total. The molecule has 1 saturated heterocycles. The second-order valence-corrected chi connectivity index (χ2v) is 6.85. The van der Waals surface area contributed by atoms with E-state index in [-0.39, 0.29) is 0 Å². The van der Waals surface area contributed by atoms with Crippen LogP contribution in [0.1, 0.15) is 55.3 Å². The molecular weight excluding hydrogens is 272 g/mol. The van der Waals surface area contributed by atoms with Gasteiger partial charge in [0.1, 0.15) is 5.75 Å². The van der Waals surface area contributed by atoms with Crippen LogP contribution in [0.4, 0.5) is 0 Å². The van der Waals surface area contributed by atoms with Crippen LogP contribution in [0.3, 0.4) is 0 Å². The molecule has 3 heteroatoms.